The molecule has 12 heavy (non-hydrogen) atoms. The Morgan fingerprint density at radius 1 is 1.67 bits per heavy atom. The third-order valence-electron chi connectivity index (χ3n) is 1.08. The molecule has 0 aromatic carbocycles. The summed E-state index contributed by atoms with van der Waals surface area (Å²) in [5.74, 6) is -1.25. The Labute approximate surface area is 68.3 Å². The van der Waals surface area contributed by atoms with Gasteiger partial charge in [0.15, 0.2) is 5.69 Å². The molecule has 0 saturated carbocycles. The van der Waals surface area contributed by atoms with Crippen molar-refractivity contribution >= 4 is 5.97 Å². The van der Waals surface area contributed by atoms with E-state index in [0.29, 0.717) is 0 Å². The molecule has 0 spiro atoms. The molecule has 1 N–H and O–H groups in total. The summed E-state index contributed by atoms with van der Waals surface area (Å²) >= 11 is 0. The van der Waals surface area contributed by atoms with Crippen LogP contribution in [0.25, 0.3) is 0 Å². The number of ether oxygens (including phenoxy) is 1. The summed E-state index contributed by atoms with van der Waals surface area (Å²) in [6.45, 7) is 3.44. The van der Waals surface area contributed by atoms with E-state index in [-0.39, 0.29) is 11.8 Å². The lowest BCUT2D eigenvalue weighted by molar-refractivity contribution is 0.0371. The Morgan fingerprint density at radius 3 is 2.75 bits per heavy atom. The summed E-state index contributed by atoms with van der Waals surface area (Å²) in [7, 11) is 0. The normalized spacial score (nSPS) is 10.2. The number of carbonyl (C=O) groups excluding carboxylic acids is 1. The van der Waals surface area contributed by atoms with Crippen molar-refractivity contribution in [1.82, 2.24) is 4.98 Å². The highest BCUT2D eigenvalue weighted by Gasteiger charge is 2.11. The number of hydrogen-bond acceptors (Lipinski definition) is 4. The van der Waals surface area contributed by atoms with E-state index in [1.807, 2.05) is 0 Å². The third-order valence-corrected chi connectivity index (χ3v) is 1.08. The fourth-order valence-electron chi connectivity index (χ4n) is 0.658. The van der Waals surface area contributed by atoms with E-state index in [1.165, 1.54) is 0 Å². The minimum atomic E-state index is -0.661. The first-order valence-corrected chi connectivity index (χ1v) is 3.48. The number of rotatable bonds is 2. The smallest absolute Gasteiger partial charge is 0.416 e. The fraction of sp³-hybridized carbons (Fsp3) is 0.429. The van der Waals surface area contributed by atoms with E-state index >= 15 is 0 Å². The second-order valence-electron chi connectivity index (χ2n) is 2.52. The molecule has 1 heterocycles. The van der Waals surface area contributed by atoms with Crippen LogP contribution in [0.1, 0.15) is 24.3 Å². The van der Waals surface area contributed by atoms with Gasteiger partial charge in [-0.2, -0.15) is 0 Å². The zero-order chi connectivity index (χ0) is 9.14. The monoisotopic (exact) mass is 171 g/mol. The zero-order valence-corrected chi connectivity index (χ0v) is 6.79. The van der Waals surface area contributed by atoms with Gasteiger partial charge in [0.1, 0.15) is 6.26 Å². The minimum absolute atomic E-state index is 0.0358. The van der Waals surface area contributed by atoms with Crippen molar-refractivity contribution in [3.63, 3.8) is 0 Å². The quantitative estimate of drug-likeness (QED) is 0.659. The summed E-state index contributed by atoms with van der Waals surface area (Å²) in [4.78, 5) is 23.7. The van der Waals surface area contributed by atoms with Gasteiger partial charge in [-0.15, -0.1) is 0 Å². The van der Waals surface area contributed by atoms with Crippen molar-refractivity contribution < 1.29 is 13.9 Å². The Morgan fingerprint density at radius 2 is 2.33 bits per heavy atom. The second kappa shape index (κ2) is 3.25. The number of esters is 1. The minimum Gasteiger partial charge on any atom is -0.458 e. The molecule has 5 nitrogen and oxygen atoms in total. The lowest BCUT2D eigenvalue weighted by Gasteiger charge is -2.04. The number of aromatic nitrogens is 1. The molecule has 0 radical (unpaired) electrons. The summed E-state index contributed by atoms with van der Waals surface area (Å²) in [6.07, 6.45) is 0.823. The second-order valence-corrected chi connectivity index (χ2v) is 2.52. The van der Waals surface area contributed by atoms with Gasteiger partial charge < -0.3 is 9.15 Å². The maximum absolute atomic E-state index is 11.0. The molecule has 66 valence electrons. The van der Waals surface area contributed by atoms with Gasteiger partial charge in [0.2, 0.25) is 0 Å². The lowest BCUT2D eigenvalue weighted by atomic mass is 10.4. The number of carbonyl (C=O) groups is 1. The van der Waals surface area contributed by atoms with Crippen LogP contribution in [0.3, 0.4) is 0 Å². The zero-order valence-electron chi connectivity index (χ0n) is 6.79. The number of H-pyrrole nitrogens is 1. The number of nitrogens with one attached hydrogen (secondary N) is 1. The van der Waals surface area contributed by atoms with Gasteiger partial charge in [-0.1, -0.05) is 0 Å². The molecule has 1 rings (SSSR count). The van der Waals surface area contributed by atoms with E-state index in [1.54, 1.807) is 13.8 Å². The van der Waals surface area contributed by atoms with Crippen LogP contribution in [-0.2, 0) is 4.74 Å². The maximum atomic E-state index is 11.0. The van der Waals surface area contributed by atoms with E-state index in [4.69, 9.17) is 4.74 Å². The van der Waals surface area contributed by atoms with Gasteiger partial charge in [0.25, 0.3) is 0 Å². The first-order chi connectivity index (χ1) is 5.59. The molecule has 0 atom stereocenters. The lowest BCUT2D eigenvalue weighted by Crippen LogP contribution is -2.13. The fourth-order valence-corrected chi connectivity index (χ4v) is 0.658. The van der Waals surface area contributed by atoms with Gasteiger partial charge >= 0.3 is 11.7 Å². The molecule has 0 saturated heterocycles. The molecular formula is C7H9NO4. The predicted octanol–water partition coefficient (Wildman–Crippen LogP) is 0.533. The molecule has 0 aliphatic rings. The molecule has 0 aliphatic heterocycles. The average molecular weight is 171 g/mol. The topological polar surface area (TPSA) is 72.3 Å². The van der Waals surface area contributed by atoms with Gasteiger partial charge in [0.05, 0.1) is 6.10 Å². The Bertz CT molecular complexity index is 322. The van der Waals surface area contributed by atoms with E-state index in [2.05, 4.69) is 9.40 Å². The summed E-state index contributed by atoms with van der Waals surface area (Å²) in [6, 6.07) is 0. The van der Waals surface area contributed by atoms with Crippen LogP contribution in [0.2, 0.25) is 0 Å². The first kappa shape index (κ1) is 8.58. The van der Waals surface area contributed by atoms with Gasteiger partial charge in [-0.05, 0) is 13.8 Å². The highest BCUT2D eigenvalue weighted by atomic mass is 16.5. The van der Waals surface area contributed by atoms with Crippen LogP contribution in [0, 0.1) is 0 Å². The van der Waals surface area contributed by atoms with Crippen LogP contribution >= 0.6 is 0 Å². The molecule has 0 unspecified atom stereocenters. The SMILES string of the molecule is CC(C)OC(=O)c1coc(=O)[nH]1. The molecular weight excluding hydrogens is 162 g/mol. The van der Waals surface area contributed by atoms with Crippen LogP contribution in [0.5, 0.6) is 0 Å². The molecule has 0 bridgehead atoms. The number of aromatic amines is 1. The Balaban J connectivity index is 2.72. The highest BCUT2D eigenvalue weighted by Crippen LogP contribution is 1.97. The Hall–Kier alpha value is -1.52. The number of oxazole rings is 1. The van der Waals surface area contributed by atoms with Crippen molar-refractivity contribution in [3.05, 3.63) is 22.5 Å². The standard InChI is InChI=1S/C7H9NO4/c1-4(2)12-6(9)5-3-11-7(10)8-5/h3-4H,1-2H3,(H,8,10). The molecule has 1 aromatic rings. The van der Waals surface area contributed by atoms with Crippen molar-refractivity contribution in [3.8, 4) is 0 Å². The largest absolute Gasteiger partial charge is 0.458 e. The molecule has 5 heteroatoms. The van der Waals surface area contributed by atoms with E-state index in [0.717, 1.165) is 6.26 Å². The van der Waals surface area contributed by atoms with Gasteiger partial charge in [-0.25, -0.2) is 9.59 Å². The first-order valence-electron chi connectivity index (χ1n) is 3.48. The van der Waals surface area contributed by atoms with Crippen molar-refractivity contribution in [2.45, 2.75) is 20.0 Å². The summed E-state index contributed by atoms with van der Waals surface area (Å²) < 4.78 is 9.14. The van der Waals surface area contributed by atoms with Crippen LogP contribution in [0.15, 0.2) is 15.5 Å². The third kappa shape index (κ3) is 1.98. The molecule has 0 amide bonds. The summed E-state index contributed by atoms with van der Waals surface area (Å²) in [5, 5.41) is 0. The van der Waals surface area contributed by atoms with Gasteiger partial charge in [0, 0.05) is 0 Å². The average Bonchev–Trinajstić information content (AvgIpc) is 2.34. The van der Waals surface area contributed by atoms with Gasteiger partial charge in [-0.3, -0.25) is 4.98 Å². The maximum Gasteiger partial charge on any atom is 0.416 e. The highest BCUT2D eigenvalue weighted by molar-refractivity contribution is 5.86. The van der Waals surface area contributed by atoms with E-state index in [9.17, 15) is 9.59 Å². The van der Waals surface area contributed by atoms with Crippen LogP contribution < -0.4 is 5.76 Å². The Kier molecular flexibility index (Phi) is 2.32. The van der Waals surface area contributed by atoms with Crippen molar-refractivity contribution in [2.75, 3.05) is 0 Å². The van der Waals surface area contributed by atoms with Crippen LogP contribution in [0.4, 0.5) is 0 Å². The molecule has 1 aromatic heterocycles. The predicted molar refractivity (Wildman–Crippen MR) is 39.9 cm³/mol. The van der Waals surface area contributed by atoms with Crippen molar-refractivity contribution in [2.24, 2.45) is 0 Å². The summed E-state index contributed by atoms with van der Waals surface area (Å²) in [5.41, 5.74) is 0.0358. The van der Waals surface area contributed by atoms with E-state index < -0.39 is 11.7 Å². The molecule has 0 fully saturated rings. The van der Waals surface area contributed by atoms with Crippen molar-refractivity contribution in [1.29, 1.82) is 0 Å². The molecule has 0 aliphatic carbocycles. The number of hydrogen-bond donors (Lipinski definition) is 1. The van der Waals surface area contributed by atoms with Crippen LogP contribution in [-0.4, -0.2) is 17.1 Å².